The molecular formula is C10H15N5O2. The van der Waals surface area contributed by atoms with Crippen LogP contribution in [0.1, 0.15) is 11.7 Å². The average molecular weight is 237 g/mol. The lowest BCUT2D eigenvalue weighted by Gasteiger charge is -2.32. The minimum Gasteiger partial charge on any atom is -0.453 e. The molecule has 1 fully saturated rings. The van der Waals surface area contributed by atoms with E-state index in [4.69, 9.17) is 10.5 Å². The molecule has 1 unspecified atom stereocenters. The molecule has 7 heteroatoms. The summed E-state index contributed by atoms with van der Waals surface area (Å²) in [5.74, 6) is 0.423. The standard InChI is InChI=1S/C10H15N5O2/c1-17-10(16)15-3-2-12-8(5-15)7-4-9(11)14-6-13-7/h4,6,8,12H,2-3,5H2,1H3,(H2,11,13,14). The third-order valence-electron chi connectivity index (χ3n) is 2.67. The van der Waals surface area contributed by atoms with Gasteiger partial charge in [0.1, 0.15) is 12.1 Å². The van der Waals surface area contributed by atoms with E-state index in [2.05, 4.69) is 15.3 Å². The molecule has 92 valence electrons. The second-order valence-corrected chi connectivity index (χ2v) is 3.79. The van der Waals surface area contributed by atoms with Crippen LogP contribution in [0.5, 0.6) is 0 Å². The highest BCUT2D eigenvalue weighted by Crippen LogP contribution is 2.16. The van der Waals surface area contributed by atoms with E-state index < -0.39 is 0 Å². The molecule has 1 amide bonds. The van der Waals surface area contributed by atoms with Crippen LogP contribution in [0.15, 0.2) is 12.4 Å². The Morgan fingerprint density at radius 2 is 2.47 bits per heavy atom. The fraction of sp³-hybridized carbons (Fsp3) is 0.500. The van der Waals surface area contributed by atoms with Crippen molar-refractivity contribution in [2.75, 3.05) is 32.5 Å². The summed E-state index contributed by atoms with van der Waals surface area (Å²) in [5, 5.41) is 3.28. The number of nitrogen functional groups attached to an aromatic ring is 1. The molecule has 1 aromatic heterocycles. The largest absolute Gasteiger partial charge is 0.453 e. The number of methoxy groups -OCH3 is 1. The number of nitrogens with two attached hydrogens (primary N) is 1. The van der Waals surface area contributed by atoms with Crippen LogP contribution in [0.4, 0.5) is 10.6 Å². The number of hydrogen-bond donors (Lipinski definition) is 2. The van der Waals surface area contributed by atoms with Gasteiger partial charge in [0.15, 0.2) is 0 Å². The van der Waals surface area contributed by atoms with E-state index in [1.807, 2.05) is 0 Å². The molecule has 2 heterocycles. The van der Waals surface area contributed by atoms with Crippen molar-refractivity contribution in [2.24, 2.45) is 0 Å². The summed E-state index contributed by atoms with van der Waals surface area (Å²) >= 11 is 0. The van der Waals surface area contributed by atoms with Gasteiger partial charge >= 0.3 is 6.09 Å². The van der Waals surface area contributed by atoms with Crippen LogP contribution in [-0.2, 0) is 4.74 Å². The zero-order valence-electron chi connectivity index (χ0n) is 9.59. The number of rotatable bonds is 1. The molecule has 0 spiro atoms. The van der Waals surface area contributed by atoms with Crippen LogP contribution in [0.3, 0.4) is 0 Å². The molecule has 1 aliphatic heterocycles. The fourth-order valence-corrected chi connectivity index (χ4v) is 1.82. The lowest BCUT2D eigenvalue weighted by Crippen LogP contribution is -2.48. The number of piperazine rings is 1. The number of amides is 1. The van der Waals surface area contributed by atoms with Crippen molar-refractivity contribution in [1.82, 2.24) is 20.2 Å². The van der Waals surface area contributed by atoms with Crippen molar-refractivity contribution in [2.45, 2.75) is 6.04 Å². The molecular weight excluding hydrogens is 222 g/mol. The predicted octanol–water partition coefficient (Wildman–Crippen LogP) is -0.228. The van der Waals surface area contributed by atoms with Crippen molar-refractivity contribution >= 4 is 11.9 Å². The Labute approximate surface area is 99.0 Å². The molecule has 2 rings (SSSR count). The summed E-state index contributed by atoms with van der Waals surface area (Å²) < 4.78 is 4.70. The van der Waals surface area contributed by atoms with Gasteiger partial charge in [-0.15, -0.1) is 0 Å². The Morgan fingerprint density at radius 1 is 1.65 bits per heavy atom. The highest BCUT2D eigenvalue weighted by molar-refractivity contribution is 5.67. The van der Waals surface area contributed by atoms with Gasteiger partial charge in [0.05, 0.1) is 18.8 Å². The molecule has 7 nitrogen and oxygen atoms in total. The van der Waals surface area contributed by atoms with Crippen molar-refractivity contribution in [1.29, 1.82) is 0 Å². The number of ether oxygens (including phenoxy) is 1. The summed E-state index contributed by atoms with van der Waals surface area (Å²) in [6, 6.07) is 1.67. The number of carbonyl (C=O) groups is 1. The number of nitrogens with one attached hydrogen (secondary N) is 1. The van der Waals surface area contributed by atoms with Crippen LogP contribution in [0.25, 0.3) is 0 Å². The third kappa shape index (κ3) is 2.62. The Hall–Kier alpha value is -1.89. The Balaban J connectivity index is 2.09. The lowest BCUT2D eigenvalue weighted by molar-refractivity contribution is 0.109. The smallest absolute Gasteiger partial charge is 0.409 e. The summed E-state index contributed by atoms with van der Waals surface area (Å²) in [6.45, 7) is 1.84. The van der Waals surface area contributed by atoms with Crippen molar-refractivity contribution in [3.8, 4) is 0 Å². The molecule has 0 aromatic carbocycles. The van der Waals surface area contributed by atoms with Gasteiger partial charge in [-0.05, 0) is 0 Å². The second-order valence-electron chi connectivity index (χ2n) is 3.79. The van der Waals surface area contributed by atoms with Crippen molar-refractivity contribution < 1.29 is 9.53 Å². The molecule has 0 radical (unpaired) electrons. The van der Waals surface area contributed by atoms with Crippen LogP contribution < -0.4 is 11.1 Å². The van der Waals surface area contributed by atoms with E-state index in [1.54, 1.807) is 11.0 Å². The molecule has 0 saturated carbocycles. The minimum atomic E-state index is -0.321. The molecule has 3 N–H and O–H groups in total. The number of carbonyl (C=O) groups excluding carboxylic acids is 1. The van der Waals surface area contributed by atoms with Crippen LogP contribution in [0, 0.1) is 0 Å². The van der Waals surface area contributed by atoms with E-state index in [9.17, 15) is 4.79 Å². The van der Waals surface area contributed by atoms with Gasteiger partial charge in [0, 0.05) is 25.7 Å². The fourth-order valence-electron chi connectivity index (χ4n) is 1.82. The summed E-state index contributed by atoms with van der Waals surface area (Å²) in [7, 11) is 1.38. The number of anilines is 1. The first-order valence-electron chi connectivity index (χ1n) is 5.34. The van der Waals surface area contributed by atoms with Gasteiger partial charge < -0.3 is 20.7 Å². The Bertz CT molecular complexity index is 411. The molecule has 1 aliphatic rings. The predicted molar refractivity (Wildman–Crippen MR) is 61.2 cm³/mol. The summed E-state index contributed by atoms with van der Waals surface area (Å²) in [5.41, 5.74) is 6.39. The Morgan fingerprint density at radius 3 is 3.18 bits per heavy atom. The highest BCUT2D eigenvalue weighted by Gasteiger charge is 2.25. The zero-order valence-corrected chi connectivity index (χ0v) is 9.59. The molecule has 0 bridgehead atoms. The van der Waals surface area contributed by atoms with E-state index in [-0.39, 0.29) is 12.1 Å². The highest BCUT2D eigenvalue weighted by atomic mass is 16.5. The molecule has 0 aliphatic carbocycles. The average Bonchev–Trinajstić information content (AvgIpc) is 2.38. The first-order valence-corrected chi connectivity index (χ1v) is 5.34. The number of aromatic nitrogens is 2. The van der Waals surface area contributed by atoms with E-state index in [0.717, 1.165) is 5.69 Å². The van der Waals surface area contributed by atoms with E-state index in [1.165, 1.54) is 13.4 Å². The van der Waals surface area contributed by atoms with E-state index in [0.29, 0.717) is 25.5 Å². The van der Waals surface area contributed by atoms with Gasteiger partial charge in [-0.3, -0.25) is 0 Å². The zero-order chi connectivity index (χ0) is 12.3. The second kappa shape index (κ2) is 4.96. The first kappa shape index (κ1) is 11.6. The lowest BCUT2D eigenvalue weighted by atomic mass is 10.1. The summed E-state index contributed by atoms with van der Waals surface area (Å²) in [4.78, 5) is 21.1. The summed E-state index contributed by atoms with van der Waals surface area (Å²) in [6.07, 6.45) is 1.10. The molecule has 17 heavy (non-hydrogen) atoms. The molecule has 1 atom stereocenters. The van der Waals surface area contributed by atoms with Gasteiger partial charge in [-0.25, -0.2) is 14.8 Å². The van der Waals surface area contributed by atoms with Crippen LogP contribution >= 0.6 is 0 Å². The maximum atomic E-state index is 11.4. The van der Waals surface area contributed by atoms with Gasteiger partial charge in [0.2, 0.25) is 0 Å². The minimum absolute atomic E-state index is 0.0341. The number of hydrogen-bond acceptors (Lipinski definition) is 6. The molecule has 1 aromatic rings. The van der Waals surface area contributed by atoms with Crippen LogP contribution in [0.2, 0.25) is 0 Å². The normalized spacial score (nSPS) is 20.1. The number of nitrogens with zero attached hydrogens (tertiary/aromatic N) is 3. The molecule has 1 saturated heterocycles. The SMILES string of the molecule is COC(=O)N1CCNC(c2cc(N)ncn2)C1. The maximum Gasteiger partial charge on any atom is 0.409 e. The van der Waals surface area contributed by atoms with Crippen molar-refractivity contribution in [3.63, 3.8) is 0 Å². The first-order chi connectivity index (χ1) is 8.20. The van der Waals surface area contributed by atoms with Gasteiger partial charge in [-0.2, -0.15) is 0 Å². The maximum absolute atomic E-state index is 11.4. The Kier molecular flexibility index (Phi) is 3.38. The van der Waals surface area contributed by atoms with Crippen LogP contribution in [-0.4, -0.2) is 47.7 Å². The monoisotopic (exact) mass is 237 g/mol. The third-order valence-corrected chi connectivity index (χ3v) is 2.67. The quantitative estimate of drug-likeness (QED) is 0.701. The van der Waals surface area contributed by atoms with Gasteiger partial charge in [0.25, 0.3) is 0 Å². The van der Waals surface area contributed by atoms with E-state index >= 15 is 0 Å². The van der Waals surface area contributed by atoms with Crippen molar-refractivity contribution in [3.05, 3.63) is 18.1 Å². The van der Waals surface area contributed by atoms with Gasteiger partial charge in [-0.1, -0.05) is 0 Å². The topological polar surface area (TPSA) is 93.4 Å².